The van der Waals surface area contributed by atoms with E-state index in [0.717, 1.165) is 39.1 Å². The van der Waals surface area contributed by atoms with E-state index in [2.05, 4.69) is 25.5 Å². The quantitative estimate of drug-likeness (QED) is 0.538. The van der Waals surface area contributed by atoms with Crippen LogP contribution in [0.25, 0.3) is 0 Å². The van der Waals surface area contributed by atoms with Crippen LogP contribution in [-0.4, -0.2) is 84.5 Å². The monoisotopic (exact) mass is 457 g/mol. The van der Waals surface area contributed by atoms with Gasteiger partial charge in [0.2, 0.25) is 5.88 Å². The summed E-state index contributed by atoms with van der Waals surface area (Å²) in [6.45, 7) is 3.34. The van der Waals surface area contributed by atoms with E-state index in [1.54, 1.807) is 12.3 Å². The molecule has 0 aromatic carbocycles. The average Bonchev–Trinajstić information content (AvgIpc) is 2.78. The van der Waals surface area contributed by atoms with Gasteiger partial charge in [-0.2, -0.15) is 0 Å². The first-order valence-corrected chi connectivity index (χ1v) is 10.7. The summed E-state index contributed by atoms with van der Waals surface area (Å²) in [7, 11) is 2.85. The van der Waals surface area contributed by atoms with E-state index in [1.165, 1.54) is 26.5 Å². The van der Waals surface area contributed by atoms with Gasteiger partial charge in [0.05, 0.1) is 50.9 Å². The van der Waals surface area contributed by atoms with Crippen molar-refractivity contribution in [3.63, 3.8) is 0 Å². The summed E-state index contributed by atoms with van der Waals surface area (Å²) >= 11 is 0. The van der Waals surface area contributed by atoms with Crippen LogP contribution >= 0.6 is 0 Å². The second-order valence-corrected chi connectivity index (χ2v) is 7.94. The van der Waals surface area contributed by atoms with Crippen molar-refractivity contribution in [3.8, 4) is 11.6 Å². The number of carboxylic acid groups (broad SMARTS) is 1. The van der Waals surface area contributed by atoms with Gasteiger partial charge < -0.3 is 30.0 Å². The van der Waals surface area contributed by atoms with Gasteiger partial charge in [-0.05, 0) is 25.5 Å². The van der Waals surface area contributed by atoms with E-state index in [1.807, 2.05) is 0 Å². The van der Waals surface area contributed by atoms with E-state index in [4.69, 9.17) is 14.2 Å². The zero-order valence-electron chi connectivity index (χ0n) is 18.5. The Morgan fingerprint density at radius 3 is 2.73 bits per heavy atom. The third-order valence-electron chi connectivity index (χ3n) is 5.86. The number of nitrogens with one attached hydrogen (secondary N) is 2. The van der Waals surface area contributed by atoms with Crippen molar-refractivity contribution in [2.75, 3.05) is 51.2 Å². The Hall–Kier alpha value is -3.44. The number of likely N-dealkylation sites (tertiary alicyclic amines) is 1. The van der Waals surface area contributed by atoms with Gasteiger partial charge in [-0.1, -0.05) is 0 Å². The minimum absolute atomic E-state index is 0.0407. The molecule has 0 radical (unpaired) electrons. The fraction of sp³-hybridized carbons (Fsp3) is 0.455. The number of hydrogen-bond acceptors (Lipinski definition) is 9. The molecular weight excluding hydrogens is 430 g/mol. The first-order valence-electron chi connectivity index (χ1n) is 10.7. The van der Waals surface area contributed by atoms with Gasteiger partial charge in [-0.15, -0.1) is 0 Å². The Morgan fingerprint density at radius 1 is 1.24 bits per heavy atom. The van der Waals surface area contributed by atoms with Crippen molar-refractivity contribution in [1.82, 2.24) is 14.9 Å². The smallest absolute Gasteiger partial charge is 0.338 e. The number of carbonyl (C=O) groups is 2. The Balaban J connectivity index is 1.57. The third-order valence-corrected chi connectivity index (χ3v) is 5.86. The Bertz CT molecular complexity index is 1030. The zero-order chi connectivity index (χ0) is 23.4. The summed E-state index contributed by atoms with van der Waals surface area (Å²) in [5.41, 5.74) is 0.0912. The molecular formula is C22H27N5O6. The van der Waals surface area contributed by atoms with E-state index < -0.39 is 11.9 Å². The van der Waals surface area contributed by atoms with Crippen molar-refractivity contribution < 1.29 is 28.9 Å². The molecule has 1 atom stereocenters. The minimum atomic E-state index is -1.22. The van der Waals surface area contributed by atoms with Crippen molar-refractivity contribution in [2.45, 2.75) is 24.9 Å². The molecule has 0 saturated carbocycles. The average molecular weight is 457 g/mol. The molecule has 4 rings (SSSR count). The summed E-state index contributed by atoms with van der Waals surface area (Å²) in [6, 6.07) is 3.37. The summed E-state index contributed by atoms with van der Waals surface area (Å²) in [5.74, 6) is -0.947. The number of amides is 1. The number of pyridine rings is 2. The molecule has 11 heteroatoms. The number of ether oxygens (including phenoxy) is 3. The molecule has 33 heavy (non-hydrogen) atoms. The van der Waals surface area contributed by atoms with Gasteiger partial charge in [0.1, 0.15) is 17.1 Å². The number of aromatic nitrogens is 2. The van der Waals surface area contributed by atoms with E-state index >= 15 is 0 Å². The van der Waals surface area contributed by atoms with Gasteiger partial charge in [-0.25, -0.2) is 14.8 Å². The van der Waals surface area contributed by atoms with Crippen LogP contribution in [0.4, 0.5) is 11.5 Å². The molecule has 0 bridgehead atoms. The minimum Gasteiger partial charge on any atom is -0.496 e. The number of hydrogen-bond donors (Lipinski definition) is 3. The van der Waals surface area contributed by atoms with Gasteiger partial charge in [0.25, 0.3) is 5.91 Å². The first-order chi connectivity index (χ1) is 16.0. The summed E-state index contributed by atoms with van der Waals surface area (Å²) in [6.07, 6.45) is 4.78. The predicted molar refractivity (Wildman–Crippen MR) is 119 cm³/mol. The largest absolute Gasteiger partial charge is 0.496 e. The maximum atomic E-state index is 13.3. The lowest BCUT2D eigenvalue weighted by Gasteiger charge is -2.42. The summed E-state index contributed by atoms with van der Waals surface area (Å²) in [5, 5.41) is 15.6. The van der Waals surface area contributed by atoms with E-state index in [9.17, 15) is 14.7 Å². The van der Waals surface area contributed by atoms with Crippen LogP contribution in [0.15, 0.2) is 24.5 Å². The highest BCUT2D eigenvalue weighted by Crippen LogP contribution is 2.29. The lowest BCUT2D eigenvalue weighted by molar-refractivity contribution is -0.0710. The van der Waals surface area contributed by atoms with Crippen LogP contribution in [-0.2, 0) is 4.74 Å². The van der Waals surface area contributed by atoms with Crippen molar-refractivity contribution in [2.24, 2.45) is 0 Å². The van der Waals surface area contributed by atoms with Crippen LogP contribution in [0.3, 0.4) is 0 Å². The third kappa shape index (κ3) is 4.99. The molecule has 4 heterocycles. The van der Waals surface area contributed by atoms with Crippen LogP contribution in [0.2, 0.25) is 0 Å². The van der Waals surface area contributed by atoms with Crippen LogP contribution in [0.5, 0.6) is 11.6 Å². The zero-order valence-corrected chi connectivity index (χ0v) is 18.5. The molecule has 0 aliphatic carbocycles. The first kappa shape index (κ1) is 22.7. The Morgan fingerprint density at radius 2 is 2.06 bits per heavy atom. The molecule has 1 amide bonds. The number of carbonyl (C=O) groups excluding carboxylic acids is 1. The summed E-state index contributed by atoms with van der Waals surface area (Å²) < 4.78 is 15.7. The highest BCUT2D eigenvalue weighted by atomic mass is 16.5. The molecule has 2 saturated heterocycles. The standard InChI is InChI=1S/C22H27N5O6/c1-31-17-5-6-23-20(25-13-4-3-7-27(10-13)14-11-33-12-14)19(17)21(28)26-16-9-24-18(32-2)8-15(16)22(29)30/h5-6,8-9,13-14H,3-4,7,10-12H2,1-2H3,(H,23,25)(H,26,28)(H,29,30)/t13-/m1/s1. The predicted octanol–water partition coefficient (Wildman–Crippen LogP) is 1.72. The molecule has 3 N–H and O–H groups in total. The second-order valence-electron chi connectivity index (χ2n) is 7.94. The molecule has 2 aliphatic rings. The fourth-order valence-corrected chi connectivity index (χ4v) is 4.04. The number of methoxy groups -OCH3 is 2. The topological polar surface area (TPSA) is 135 Å². The van der Waals surface area contributed by atoms with Gasteiger partial charge in [-0.3, -0.25) is 9.69 Å². The lowest BCUT2D eigenvalue weighted by atomic mass is 10.0. The SMILES string of the molecule is COc1cc(C(=O)O)c(NC(=O)c2c(OC)ccnc2N[C@@H]2CCCN(C3COC3)C2)cn1. The molecule has 11 nitrogen and oxygen atoms in total. The van der Waals surface area contributed by atoms with Crippen molar-refractivity contribution in [1.29, 1.82) is 0 Å². The number of aromatic carboxylic acids is 1. The number of nitrogens with zero attached hydrogens (tertiary/aromatic N) is 3. The second kappa shape index (κ2) is 10.0. The fourth-order valence-electron chi connectivity index (χ4n) is 4.04. The highest BCUT2D eigenvalue weighted by Gasteiger charge is 2.31. The highest BCUT2D eigenvalue weighted by molar-refractivity contribution is 6.11. The molecule has 2 aliphatic heterocycles. The van der Waals surface area contributed by atoms with Gasteiger partial charge in [0, 0.05) is 24.8 Å². The normalized spacial score (nSPS) is 18.8. The summed E-state index contributed by atoms with van der Waals surface area (Å²) in [4.78, 5) is 35.7. The molecule has 2 aromatic rings. The molecule has 2 aromatic heterocycles. The van der Waals surface area contributed by atoms with Crippen molar-refractivity contribution >= 4 is 23.4 Å². The van der Waals surface area contributed by atoms with Gasteiger partial charge >= 0.3 is 5.97 Å². The lowest BCUT2D eigenvalue weighted by Crippen LogP contribution is -2.54. The van der Waals surface area contributed by atoms with Gasteiger partial charge in [0.15, 0.2) is 0 Å². The van der Waals surface area contributed by atoms with E-state index in [0.29, 0.717) is 17.6 Å². The Labute approximate surface area is 191 Å². The van der Waals surface area contributed by atoms with Crippen LogP contribution < -0.4 is 20.1 Å². The molecule has 0 spiro atoms. The maximum absolute atomic E-state index is 13.3. The number of piperidine rings is 1. The van der Waals surface area contributed by atoms with Crippen LogP contribution in [0, 0.1) is 0 Å². The number of carboxylic acids is 1. The Kier molecular flexibility index (Phi) is 6.90. The molecule has 0 unspecified atom stereocenters. The maximum Gasteiger partial charge on any atom is 0.338 e. The number of anilines is 2. The molecule has 176 valence electrons. The molecule has 2 fully saturated rings. The van der Waals surface area contributed by atoms with E-state index in [-0.39, 0.29) is 28.7 Å². The number of rotatable bonds is 8. The van der Waals surface area contributed by atoms with Crippen LogP contribution in [0.1, 0.15) is 33.6 Å². The van der Waals surface area contributed by atoms with Crippen molar-refractivity contribution in [3.05, 3.63) is 35.7 Å².